The first-order valence-corrected chi connectivity index (χ1v) is 11.2. The molecule has 3 fully saturated rings. The lowest BCUT2D eigenvalue weighted by Gasteiger charge is -2.41. The SMILES string of the molecule is CCN1CCC2CC1c1cc(N3CCN(C4CCCCC4)CC3)ccc12. The van der Waals surface area contributed by atoms with Crippen molar-refractivity contribution in [3.05, 3.63) is 29.3 Å². The molecule has 4 aliphatic rings. The van der Waals surface area contributed by atoms with Gasteiger partial charge in [0.05, 0.1) is 0 Å². The first kappa shape index (κ1) is 17.1. The summed E-state index contributed by atoms with van der Waals surface area (Å²) >= 11 is 0. The van der Waals surface area contributed by atoms with Crippen molar-refractivity contribution in [3.8, 4) is 0 Å². The Morgan fingerprint density at radius 3 is 2.46 bits per heavy atom. The third kappa shape index (κ3) is 2.97. The number of likely N-dealkylation sites (tertiary alicyclic amines) is 1. The predicted molar refractivity (Wildman–Crippen MR) is 109 cm³/mol. The molecule has 0 aromatic heterocycles. The minimum absolute atomic E-state index is 0.692. The number of fused-ring (bicyclic) bond motifs is 5. The van der Waals surface area contributed by atoms with E-state index in [2.05, 4.69) is 39.8 Å². The minimum Gasteiger partial charge on any atom is -0.369 e. The van der Waals surface area contributed by atoms with Crippen LogP contribution in [0.25, 0.3) is 0 Å². The molecule has 2 unspecified atom stereocenters. The second-order valence-corrected chi connectivity index (χ2v) is 8.99. The molecule has 3 nitrogen and oxygen atoms in total. The van der Waals surface area contributed by atoms with E-state index >= 15 is 0 Å². The molecule has 0 N–H and O–H groups in total. The second kappa shape index (κ2) is 7.16. The highest BCUT2D eigenvalue weighted by molar-refractivity contribution is 5.55. The maximum Gasteiger partial charge on any atom is 0.0370 e. The molecule has 2 saturated heterocycles. The van der Waals surface area contributed by atoms with Gasteiger partial charge in [0.15, 0.2) is 0 Å². The molecule has 1 saturated carbocycles. The average molecular weight is 354 g/mol. The smallest absolute Gasteiger partial charge is 0.0370 e. The van der Waals surface area contributed by atoms with Crippen LogP contribution in [0.1, 0.15) is 75.0 Å². The number of anilines is 1. The number of piperazine rings is 1. The van der Waals surface area contributed by atoms with Crippen molar-refractivity contribution >= 4 is 5.69 Å². The van der Waals surface area contributed by atoms with Crippen LogP contribution in [0.3, 0.4) is 0 Å². The third-order valence-corrected chi connectivity index (χ3v) is 7.76. The van der Waals surface area contributed by atoms with Crippen molar-refractivity contribution in [1.29, 1.82) is 0 Å². The van der Waals surface area contributed by atoms with Crippen molar-refractivity contribution in [2.75, 3.05) is 44.2 Å². The first-order chi connectivity index (χ1) is 12.8. The van der Waals surface area contributed by atoms with E-state index in [-0.39, 0.29) is 0 Å². The number of hydrogen-bond donors (Lipinski definition) is 0. The van der Waals surface area contributed by atoms with Gasteiger partial charge in [-0.15, -0.1) is 0 Å². The van der Waals surface area contributed by atoms with Crippen LogP contribution >= 0.6 is 0 Å². The molecule has 1 aromatic rings. The Balaban J connectivity index is 1.29. The van der Waals surface area contributed by atoms with Gasteiger partial charge in [-0.05, 0) is 68.0 Å². The lowest BCUT2D eigenvalue weighted by Crippen LogP contribution is -2.50. The quantitative estimate of drug-likeness (QED) is 0.798. The van der Waals surface area contributed by atoms with Crippen LogP contribution in [0, 0.1) is 0 Å². The molecule has 26 heavy (non-hydrogen) atoms. The molecule has 0 radical (unpaired) electrons. The zero-order valence-corrected chi connectivity index (χ0v) is 16.5. The molecule has 2 heterocycles. The van der Waals surface area contributed by atoms with E-state index in [0.717, 1.165) is 12.0 Å². The van der Waals surface area contributed by atoms with Gasteiger partial charge >= 0.3 is 0 Å². The molecule has 3 heteroatoms. The van der Waals surface area contributed by atoms with Crippen molar-refractivity contribution in [3.63, 3.8) is 0 Å². The zero-order chi connectivity index (χ0) is 17.5. The number of nitrogens with zero attached hydrogens (tertiary/aromatic N) is 3. The summed E-state index contributed by atoms with van der Waals surface area (Å²) in [4.78, 5) is 8.14. The highest BCUT2D eigenvalue weighted by atomic mass is 15.3. The van der Waals surface area contributed by atoms with Crippen LogP contribution < -0.4 is 4.90 Å². The number of piperidine rings is 1. The molecule has 2 aliphatic heterocycles. The van der Waals surface area contributed by atoms with Crippen LogP contribution in [0.15, 0.2) is 18.2 Å². The monoisotopic (exact) mass is 353 g/mol. The molecule has 142 valence electrons. The van der Waals surface area contributed by atoms with Gasteiger partial charge in [-0.1, -0.05) is 32.3 Å². The van der Waals surface area contributed by atoms with Gasteiger partial charge < -0.3 is 4.90 Å². The summed E-state index contributed by atoms with van der Waals surface area (Å²) in [6.45, 7) is 9.75. The van der Waals surface area contributed by atoms with E-state index in [4.69, 9.17) is 0 Å². The highest BCUT2D eigenvalue weighted by Gasteiger charge is 2.38. The van der Waals surface area contributed by atoms with Gasteiger partial charge in [-0.25, -0.2) is 0 Å². The minimum atomic E-state index is 0.692. The molecule has 5 rings (SSSR count). The summed E-state index contributed by atoms with van der Waals surface area (Å²) in [5.74, 6) is 0.829. The van der Waals surface area contributed by atoms with Gasteiger partial charge in [0.1, 0.15) is 0 Å². The Kier molecular flexibility index (Phi) is 4.70. The molecule has 1 aromatic carbocycles. The van der Waals surface area contributed by atoms with E-state index in [1.807, 2.05) is 0 Å². The highest BCUT2D eigenvalue weighted by Crippen LogP contribution is 2.49. The summed E-state index contributed by atoms with van der Waals surface area (Å²) in [5.41, 5.74) is 4.80. The van der Waals surface area contributed by atoms with E-state index in [0.29, 0.717) is 6.04 Å². The summed E-state index contributed by atoms with van der Waals surface area (Å²) in [6, 6.07) is 9.03. The third-order valence-electron chi connectivity index (χ3n) is 7.76. The molecule has 0 spiro atoms. The summed E-state index contributed by atoms with van der Waals surface area (Å²) in [6.07, 6.45) is 9.96. The van der Waals surface area contributed by atoms with Crippen molar-refractivity contribution in [1.82, 2.24) is 9.80 Å². The topological polar surface area (TPSA) is 9.72 Å². The standard InChI is InChI=1S/C23H35N3/c1-2-24-11-10-18-16-23(24)22-17-20(8-9-21(18)22)26-14-12-25(13-15-26)19-6-4-3-5-7-19/h8-9,17-19,23H,2-7,10-16H2,1H3. The van der Waals surface area contributed by atoms with Crippen molar-refractivity contribution < 1.29 is 0 Å². The van der Waals surface area contributed by atoms with Gasteiger partial charge in [0.2, 0.25) is 0 Å². The fourth-order valence-electron chi connectivity index (χ4n) is 6.21. The number of benzene rings is 1. The lowest BCUT2D eigenvalue weighted by molar-refractivity contribution is 0.148. The van der Waals surface area contributed by atoms with Crippen molar-refractivity contribution in [2.24, 2.45) is 0 Å². The molecule has 2 atom stereocenters. The zero-order valence-electron chi connectivity index (χ0n) is 16.5. The second-order valence-electron chi connectivity index (χ2n) is 8.99. The molecule has 2 bridgehead atoms. The summed E-state index contributed by atoms with van der Waals surface area (Å²) in [5, 5.41) is 0. The largest absolute Gasteiger partial charge is 0.369 e. The Bertz CT molecular complexity index is 628. The fraction of sp³-hybridized carbons (Fsp3) is 0.739. The van der Waals surface area contributed by atoms with E-state index < -0.39 is 0 Å². The van der Waals surface area contributed by atoms with Crippen LogP contribution in [0.2, 0.25) is 0 Å². The normalized spacial score (nSPS) is 30.6. The fourth-order valence-corrected chi connectivity index (χ4v) is 6.21. The number of hydrogen-bond acceptors (Lipinski definition) is 3. The Morgan fingerprint density at radius 2 is 1.69 bits per heavy atom. The number of rotatable bonds is 3. The van der Waals surface area contributed by atoms with Crippen LogP contribution in [0.5, 0.6) is 0 Å². The molecule has 2 aliphatic carbocycles. The molecular weight excluding hydrogens is 318 g/mol. The van der Waals surface area contributed by atoms with Crippen LogP contribution in [0.4, 0.5) is 5.69 Å². The Hall–Kier alpha value is -1.06. The van der Waals surface area contributed by atoms with E-state index in [9.17, 15) is 0 Å². The Labute approximate surface area is 159 Å². The maximum absolute atomic E-state index is 2.79. The van der Waals surface area contributed by atoms with Crippen LogP contribution in [-0.2, 0) is 0 Å². The van der Waals surface area contributed by atoms with E-state index in [1.54, 1.807) is 11.1 Å². The Morgan fingerprint density at radius 1 is 0.885 bits per heavy atom. The summed E-state index contributed by atoms with van der Waals surface area (Å²) in [7, 11) is 0. The lowest BCUT2D eigenvalue weighted by atomic mass is 9.93. The van der Waals surface area contributed by atoms with E-state index in [1.165, 1.54) is 89.9 Å². The van der Waals surface area contributed by atoms with Gasteiger partial charge in [0.25, 0.3) is 0 Å². The van der Waals surface area contributed by atoms with Crippen molar-refractivity contribution in [2.45, 2.75) is 69.9 Å². The average Bonchev–Trinajstić information content (AvgIpc) is 3.01. The molecular formula is C23H35N3. The van der Waals surface area contributed by atoms with Gasteiger partial charge in [0, 0.05) is 44.0 Å². The maximum atomic E-state index is 2.79. The summed E-state index contributed by atoms with van der Waals surface area (Å²) < 4.78 is 0. The van der Waals surface area contributed by atoms with Gasteiger partial charge in [-0.3, -0.25) is 9.80 Å². The van der Waals surface area contributed by atoms with Crippen LogP contribution in [-0.4, -0.2) is 55.1 Å². The first-order valence-electron chi connectivity index (χ1n) is 11.2. The predicted octanol–water partition coefficient (Wildman–Crippen LogP) is 4.40. The van der Waals surface area contributed by atoms with Gasteiger partial charge in [-0.2, -0.15) is 0 Å². The molecule has 0 amide bonds.